The molecule has 0 aliphatic heterocycles. The van der Waals surface area contributed by atoms with Crippen LogP contribution >= 0.6 is 0 Å². The summed E-state index contributed by atoms with van der Waals surface area (Å²) in [6, 6.07) is 3.43. The number of hydrogen-bond donors (Lipinski definition) is 1. The van der Waals surface area contributed by atoms with Crippen LogP contribution in [0.25, 0.3) is 0 Å². The highest BCUT2D eigenvalue weighted by atomic mass is 16.5. The topological polar surface area (TPSA) is 57.4 Å². The molecule has 0 radical (unpaired) electrons. The Hall–Kier alpha value is -1.45. The van der Waals surface area contributed by atoms with Crippen molar-refractivity contribution >= 4 is 5.69 Å². The van der Waals surface area contributed by atoms with E-state index in [1.807, 2.05) is 0 Å². The second kappa shape index (κ2) is 4.69. The van der Waals surface area contributed by atoms with Crippen molar-refractivity contribution in [3.05, 3.63) is 12.1 Å². The summed E-state index contributed by atoms with van der Waals surface area (Å²) in [6.07, 6.45) is 0. The molecular formula is C10H16N2O2. The highest BCUT2D eigenvalue weighted by Gasteiger charge is 2.05. The maximum atomic E-state index is 5.69. The largest absolute Gasteiger partial charge is 0.481 e. The molecule has 0 amide bonds. The van der Waals surface area contributed by atoms with Crippen LogP contribution < -0.4 is 15.2 Å². The van der Waals surface area contributed by atoms with Gasteiger partial charge in [0.2, 0.25) is 11.8 Å². The van der Waals surface area contributed by atoms with Crippen molar-refractivity contribution < 1.29 is 9.47 Å². The molecule has 1 rings (SSSR count). The Labute approximate surface area is 84.0 Å². The van der Waals surface area contributed by atoms with Crippen LogP contribution in [0.3, 0.4) is 0 Å². The second-order valence-corrected chi connectivity index (χ2v) is 3.45. The number of hydrogen-bond acceptors (Lipinski definition) is 4. The van der Waals surface area contributed by atoms with Crippen molar-refractivity contribution in [2.45, 2.75) is 13.8 Å². The average Bonchev–Trinajstić information content (AvgIpc) is 2.16. The number of nitrogens with zero attached hydrogens (tertiary/aromatic N) is 1. The molecular weight excluding hydrogens is 180 g/mol. The lowest BCUT2D eigenvalue weighted by molar-refractivity contribution is 0.259. The lowest BCUT2D eigenvalue weighted by Crippen LogP contribution is -2.07. The number of ether oxygens (including phenoxy) is 2. The van der Waals surface area contributed by atoms with Gasteiger partial charge in [0.15, 0.2) is 0 Å². The van der Waals surface area contributed by atoms with Crippen LogP contribution in [0.1, 0.15) is 13.8 Å². The van der Waals surface area contributed by atoms with Gasteiger partial charge in [-0.1, -0.05) is 13.8 Å². The Balaban J connectivity index is 2.73. The Bertz CT molecular complexity index is 300. The molecule has 0 spiro atoms. The molecule has 2 N–H and O–H groups in total. The lowest BCUT2D eigenvalue weighted by atomic mass is 10.2. The summed E-state index contributed by atoms with van der Waals surface area (Å²) in [7, 11) is 1.56. The first-order valence-electron chi connectivity index (χ1n) is 4.56. The molecule has 0 saturated heterocycles. The fraction of sp³-hybridized carbons (Fsp3) is 0.500. The van der Waals surface area contributed by atoms with Crippen molar-refractivity contribution in [3.63, 3.8) is 0 Å². The van der Waals surface area contributed by atoms with Gasteiger partial charge in [-0.2, -0.15) is 4.98 Å². The molecule has 1 aromatic heterocycles. The molecule has 4 nitrogen and oxygen atoms in total. The van der Waals surface area contributed by atoms with Crippen LogP contribution in [-0.2, 0) is 0 Å². The van der Waals surface area contributed by atoms with Gasteiger partial charge in [-0.15, -0.1) is 0 Å². The highest BCUT2D eigenvalue weighted by molar-refractivity contribution is 5.49. The van der Waals surface area contributed by atoms with Crippen molar-refractivity contribution in [2.24, 2.45) is 5.92 Å². The summed E-state index contributed by atoms with van der Waals surface area (Å²) in [5, 5.41) is 0. The summed E-state index contributed by atoms with van der Waals surface area (Å²) in [5.41, 5.74) is 6.22. The van der Waals surface area contributed by atoms with Crippen LogP contribution in [0.2, 0.25) is 0 Å². The van der Waals surface area contributed by atoms with E-state index in [9.17, 15) is 0 Å². The van der Waals surface area contributed by atoms with E-state index in [4.69, 9.17) is 15.2 Å². The van der Waals surface area contributed by atoms with Gasteiger partial charge in [0.1, 0.15) is 0 Å². The molecule has 1 heterocycles. The molecule has 4 heteroatoms. The van der Waals surface area contributed by atoms with Crippen LogP contribution in [-0.4, -0.2) is 18.7 Å². The molecule has 0 aliphatic carbocycles. The number of aromatic nitrogens is 1. The zero-order chi connectivity index (χ0) is 10.6. The summed E-state index contributed by atoms with van der Waals surface area (Å²) in [5.74, 6) is 1.40. The molecule has 0 fully saturated rings. The van der Waals surface area contributed by atoms with E-state index < -0.39 is 0 Å². The highest BCUT2D eigenvalue weighted by Crippen LogP contribution is 2.22. The van der Waals surface area contributed by atoms with Crippen molar-refractivity contribution in [1.29, 1.82) is 0 Å². The molecule has 0 unspecified atom stereocenters. The van der Waals surface area contributed by atoms with Crippen molar-refractivity contribution in [1.82, 2.24) is 4.98 Å². The molecule has 0 aliphatic rings. The molecule has 0 atom stereocenters. The molecule has 0 saturated carbocycles. The standard InChI is InChI=1S/C10H16N2O2/c1-7(2)6-14-10-8(11)4-5-9(12-10)13-3/h4-5,7H,6,11H2,1-3H3. The van der Waals surface area contributed by atoms with Gasteiger partial charge in [-0.05, 0) is 12.0 Å². The van der Waals surface area contributed by atoms with Crippen LogP contribution in [0, 0.1) is 5.92 Å². The van der Waals surface area contributed by atoms with Gasteiger partial charge in [0.05, 0.1) is 19.4 Å². The third-order valence-corrected chi connectivity index (χ3v) is 1.63. The summed E-state index contributed by atoms with van der Waals surface area (Å²) in [6.45, 7) is 4.73. The third kappa shape index (κ3) is 2.80. The first-order chi connectivity index (χ1) is 6.63. The number of nitrogen functional groups attached to an aromatic ring is 1. The fourth-order valence-electron chi connectivity index (χ4n) is 0.909. The van der Waals surface area contributed by atoms with E-state index in [0.717, 1.165) is 0 Å². The number of pyridine rings is 1. The van der Waals surface area contributed by atoms with Crippen LogP contribution in [0.15, 0.2) is 12.1 Å². The summed E-state index contributed by atoms with van der Waals surface area (Å²) < 4.78 is 10.4. The first-order valence-corrected chi connectivity index (χ1v) is 4.56. The van der Waals surface area contributed by atoms with Crippen molar-refractivity contribution in [2.75, 3.05) is 19.5 Å². The van der Waals surface area contributed by atoms with Crippen LogP contribution in [0.5, 0.6) is 11.8 Å². The van der Waals surface area contributed by atoms with E-state index in [-0.39, 0.29) is 0 Å². The minimum absolute atomic E-state index is 0.443. The van der Waals surface area contributed by atoms with Gasteiger partial charge in [0.25, 0.3) is 0 Å². The summed E-state index contributed by atoms with van der Waals surface area (Å²) in [4.78, 5) is 4.09. The van der Waals surface area contributed by atoms with Crippen LogP contribution in [0.4, 0.5) is 5.69 Å². The normalized spacial score (nSPS) is 10.3. The third-order valence-electron chi connectivity index (χ3n) is 1.63. The predicted octanol–water partition coefficient (Wildman–Crippen LogP) is 1.71. The SMILES string of the molecule is COc1ccc(N)c(OCC(C)C)n1. The minimum atomic E-state index is 0.443. The Morgan fingerprint density at radius 2 is 2.14 bits per heavy atom. The Morgan fingerprint density at radius 1 is 1.43 bits per heavy atom. The maximum Gasteiger partial charge on any atom is 0.240 e. The second-order valence-electron chi connectivity index (χ2n) is 3.45. The molecule has 0 aromatic carbocycles. The zero-order valence-electron chi connectivity index (χ0n) is 8.78. The van der Waals surface area contributed by atoms with Crippen molar-refractivity contribution in [3.8, 4) is 11.8 Å². The number of methoxy groups -OCH3 is 1. The van der Waals surface area contributed by atoms with E-state index in [2.05, 4.69) is 18.8 Å². The van der Waals surface area contributed by atoms with E-state index in [1.165, 1.54) is 0 Å². The summed E-state index contributed by atoms with van der Waals surface area (Å²) >= 11 is 0. The minimum Gasteiger partial charge on any atom is -0.481 e. The van der Waals surface area contributed by atoms with E-state index in [1.54, 1.807) is 19.2 Å². The molecule has 1 aromatic rings. The van der Waals surface area contributed by atoms with Gasteiger partial charge >= 0.3 is 0 Å². The Kier molecular flexibility index (Phi) is 3.56. The van der Waals surface area contributed by atoms with E-state index in [0.29, 0.717) is 30.0 Å². The predicted molar refractivity (Wildman–Crippen MR) is 55.5 cm³/mol. The Morgan fingerprint density at radius 3 is 2.71 bits per heavy atom. The monoisotopic (exact) mass is 196 g/mol. The maximum absolute atomic E-state index is 5.69. The van der Waals surface area contributed by atoms with Gasteiger partial charge in [-0.25, -0.2) is 0 Å². The van der Waals surface area contributed by atoms with Gasteiger partial charge in [0, 0.05) is 6.07 Å². The fourth-order valence-corrected chi connectivity index (χ4v) is 0.909. The van der Waals surface area contributed by atoms with E-state index >= 15 is 0 Å². The average molecular weight is 196 g/mol. The quantitative estimate of drug-likeness (QED) is 0.796. The lowest BCUT2D eigenvalue weighted by Gasteiger charge is -2.10. The molecule has 78 valence electrons. The molecule has 14 heavy (non-hydrogen) atoms. The number of rotatable bonds is 4. The first kappa shape index (κ1) is 10.6. The van der Waals surface area contributed by atoms with Gasteiger partial charge in [-0.3, -0.25) is 0 Å². The zero-order valence-corrected chi connectivity index (χ0v) is 8.78. The number of nitrogens with two attached hydrogens (primary N) is 1. The smallest absolute Gasteiger partial charge is 0.240 e. The number of anilines is 1. The van der Waals surface area contributed by atoms with Gasteiger partial charge < -0.3 is 15.2 Å². The molecule has 0 bridgehead atoms.